The molecular formula is C13H17N3. The Hall–Kier alpha value is -1.64. The molecule has 0 bridgehead atoms. The molecule has 3 nitrogen and oxygen atoms in total. The standard InChI is InChI=1S/C13H17N3/c1-11(2)8-9-13-15-14-10-16(13)12-6-4-3-5-7-12/h3-7,10-11H,8-9H2,1-2H3. The Morgan fingerprint density at radius 3 is 2.62 bits per heavy atom. The highest BCUT2D eigenvalue weighted by molar-refractivity contribution is 5.31. The summed E-state index contributed by atoms with van der Waals surface area (Å²) >= 11 is 0. The van der Waals surface area contributed by atoms with Crippen LogP contribution in [0.15, 0.2) is 36.7 Å². The molecule has 84 valence electrons. The summed E-state index contributed by atoms with van der Waals surface area (Å²) in [5.41, 5.74) is 1.13. The first-order valence-corrected chi connectivity index (χ1v) is 5.71. The van der Waals surface area contributed by atoms with E-state index in [9.17, 15) is 0 Å². The molecular weight excluding hydrogens is 198 g/mol. The van der Waals surface area contributed by atoms with Gasteiger partial charge in [0.1, 0.15) is 12.2 Å². The van der Waals surface area contributed by atoms with Gasteiger partial charge in [-0.2, -0.15) is 0 Å². The number of aromatic nitrogens is 3. The first kappa shape index (κ1) is 10.9. The van der Waals surface area contributed by atoms with Crippen molar-refractivity contribution in [2.45, 2.75) is 26.7 Å². The number of nitrogens with zero attached hydrogens (tertiary/aromatic N) is 3. The molecule has 0 spiro atoms. The molecule has 0 atom stereocenters. The van der Waals surface area contributed by atoms with Crippen LogP contribution >= 0.6 is 0 Å². The third-order valence-electron chi connectivity index (χ3n) is 2.60. The van der Waals surface area contributed by atoms with E-state index in [1.807, 2.05) is 18.2 Å². The minimum absolute atomic E-state index is 0.695. The van der Waals surface area contributed by atoms with Crippen LogP contribution in [0.3, 0.4) is 0 Å². The van der Waals surface area contributed by atoms with Crippen LogP contribution in [0, 0.1) is 5.92 Å². The van der Waals surface area contributed by atoms with Gasteiger partial charge in [0.2, 0.25) is 0 Å². The largest absolute Gasteiger partial charge is 0.286 e. The van der Waals surface area contributed by atoms with Crippen molar-refractivity contribution in [2.24, 2.45) is 5.92 Å². The second kappa shape index (κ2) is 4.92. The first-order chi connectivity index (χ1) is 7.77. The number of benzene rings is 1. The van der Waals surface area contributed by atoms with Crippen LogP contribution in [0.4, 0.5) is 0 Å². The van der Waals surface area contributed by atoms with Crippen LogP contribution in [0.25, 0.3) is 5.69 Å². The lowest BCUT2D eigenvalue weighted by Gasteiger charge is -2.07. The summed E-state index contributed by atoms with van der Waals surface area (Å²) in [6.45, 7) is 4.45. The molecule has 0 aliphatic heterocycles. The highest BCUT2D eigenvalue weighted by Gasteiger charge is 2.06. The maximum atomic E-state index is 4.18. The van der Waals surface area contributed by atoms with Crippen LogP contribution in [0.2, 0.25) is 0 Å². The van der Waals surface area contributed by atoms with E-state index in [4.69, 9.17) is 0 Å². The van der Waals surface area contributed by atoms with E-state index in [0.29, 0.717) is 5.92 Å². The number of para-hydroxylation sites is 1. The maximum absolute atomic E-state index is 4.18. The quantitative estimate of drug-likeness (QED) is 0.785. The second-order valence-electron chi connectivity index (χ2n) is 4.39. The number of aryl methyl sites for hydroxylation is 1. The number of hydrogen-bond acceptors (Lipinski definition) is 2. The van der Waals surface area contributed by atoms with Gasteiger partial charge in [0.25, 0.3) is 0 Å². The minimum Gasteiger partial charge on any atom is -0.286 e. The summed E-state index contributed by atoms with van der Waals surface area (Å²) in [7, 11) is 0. The van der Waals surface area contributed by atoms with E-state index in [0.717, 1.165) is 24.4 Å². The molecule has 0 fully saturated rings. The van der Waals surface area contributed by atoms with Gasteiger partial charge in [0.15, 0.2) is 0 Å². The number of hydrogen-bond donors (Lipinski definition) is 0. The highest BCUT2D eigenvalue weighted by atomic mass is 15.3. The highest BCUT2D eigenvalue weighted by Crippen LogP contribution is 2.12. The van der Waals surface area contributed by atoms with Gasteiger partial charge in [-0.15, -0.1) is 10.2 Å². The fraction of sp³-hybridized carbons (Fsp3) is 0.385. The molecule has 0 saturated heterocycles. The van der Waals surface area contributed by atoms with Crippen LogP contribution < -0.4 is 0 Å². The summed E-state index contributed by atoms with van der Waals surface area (Å²) in [5, 5.41) is 8.17. The van der Waals surface area contributed by atoms with Crippen molar-refractivity contribution in [1.29, 1.82) is 0 Å². The van der Waals surface area contributed by atoms with Crippen molar-refractivity contribution in [3.63, 3.8) is 0 Å². The Balaban J connectivity index is 2.19. The van der Waals surface area contributed by atoms with Gasteiger partial charge in [-0.3, -0.25) is 4.57 Å². The fourth-order valence-electron chi connectivity index (χ4n) is 1.65. The van der Waals surface area contributed by atoms with E-state index in [1.54, 1.807) is 6.33 Å². The van der Waals surface area contributed by atoms with E-state index in [1.165, 1.54) is 0 Å². The Morgan fingerprint density at radius 1 is 1.19 bits per heavy atom. The van der Waals surface area contributed by atoms with Crippen molar-refractivity contribution < 1.29 is 0 Å². The van der Waals surface area contributed by atoms with Gasteiger partial charge in [0.05, 0.1) is 0 Å². The van der Waals surface area contributed by atoms with Crippen molar-refractivity contribution in [3.05, 3.63) is 42.5 Å². The predicted molar refractivity (Wildman–Crippen MR) is 64.5 cm³/mol. The maximum Gasteiger partial charge on any atom is 0.137 e. The van der Waals surface area contributed by atoms with E-state index in [-0.39, 0.29) is 0 Å². The molecule has 16 heavy (non-hydrogen) atoms. The van der Waals surface area contributed by atoms with Gasteiger partial charge in [-0.1, -0.05) is 32.0 Å². The van der Waals surface area contributed by atoms with Crippen LogP contribution in [-0.4, -0.2) is 14.8 Å². The Labute approximate surface area is 96.1 Å². The third-order valence-corrected chi connectivity index (χ3v) is 2.60. The molecule has 0 radical (unpaired) electrons. The first-order valence-electron chi connectivity index (χ1n) is 5.71. The van der Waals surface area contributed by atoms with Crippen LogP contribution in [0.5, 0.6) is 0 Å². The van der Waals surface area contributed by atoms with Crippen molar-refractivity contribution >= 4 is 0 Å². The van der Waals surface area contributed by atoms with Gasteiger partial charge >= 0.3 is 0 Å². The molecule has 2 aromatic rings. The Morgan fingerprint density at radius 2 is 1.94 bits per heavy atom. The zero-order chi connectivity index (χ0) is 11.4. The lowest BCUT2D eigenvalue weighted by atomic mass is 10.1. The average molecular weight is 215 g/mol. The lowest BCUT2D eigenvalue weighted by Crippen LogP contribution is -2.02. The van der Waals surface area contributed by atoms with Gasteiger partial charge in [-0.05, 0) is 24.5 Å². The Bertz CT molecular complexity index is 431. The monoisotopic (exact) mass is 215 g/mol. The fourth-order valence-corrected chi connectivity index (χ4v) is 1.65. The lowest BCUT2D eigenvalue weighted by molar-refractivity contribution is 0.570. The molecule has 0 saturated carbocycles. The predicted octanol–water partition coefficient (Wildman–Crippen LogP) is 2.86. The average Bonchev–Trinajstić information content (AvgIpc) is 2.75. The van der Waals surface area contributed by atoms with Gasteiger partial charge in [0, 0.05) is 12.1 Å². The van der Waals surface area contributed by atoms with E-state index >= 15 is 0 Å². The van der Waals surface area contributed by atoms with Gasteiger partial charge < -0.3 is 0 Å². The summed E-state index contributed by atoms with van der Waals surface area (Å²) in [4.78, 5) is 0. The van der Waals surface area contributed by atoms with Crippen LogP contribution in [-0.2, 0) is 6.42 Å². The number of rotatable bonds is 4. The summed E-state index contributed by atoms with van der Waals surface area (Å²) in [5.74, 6) is 1.74. The van der Waals surface area contributed by atoms with Crippen LogP contribution in [0.1, 0.15) is 26.1 Å². The smallest absolute Gasteiger partial charge is 0.137 e. The molecule has 0 unspecified atom stereocenters. The molecule has 3 heteroatoms. The van der Waals surface area contributed by atoms with E-state index in [2.05, 4.69) is 40.7 Å². The normalized spacial score (nSPS) is 10.9. The minimum atomic E-state index is 0.695. The van der Waals surface area contributed by atoms with Crippen molar-refractivity contribution in [3.8, 4) is 5.69 Å². The van der Waals surface area contributed by atoms with Crippen molar-refractivity contribution in [2.75, 3.05) is 0 Å². The molecule has 0 aliphatic rings. The zero-order valence-corrected chi connectivity index (χ0v) is 9.80. The summed E-state index contributed by atoms with van der Waals surface area (Å²) < 4.78 is 2.06. The summed E-state index contributed by atoms with van der Waals surface area (Å²) in [6.07, 6.45) is 3.91. The topological polar surface area (TPSA) is 30.7 Å². The second-order valence-corrected chi connectivity index (χ2v) is 4.39. The molecule has 1 aromatic carbocycles. The molecule has 0 amide bonds. The Kier molecular flexibility index (Phi) is 3.34. The molecule has 1 heterocycles. The van der Waals surface area contributed by atoms with Gasteiger partial charge in [-0.25, -0.2) is 0 Å². The molecule has 0 N–H and O–H groups in total. The molecule has 1 aromatic heterocycles. The third kappa shape index (κ3) is 2.48. The SMILES string of the molecule is CC(C)CCc1nncn1-c1ccccc1. The summed E-state index contributed by atoms with van der Waals surface area (Å²) in [6, 6.07) is 10.2. The molecule has 0 aliphatic carbocycles. The van der Waals surface area contributed by atoms with Crippen molar-refractivity contribution in [1.82, 2.24) is 14.8 Å². The zero-order valence-electron chi connectivity index (χ0n) is 9.80. The van der Waals surface area contributed by atoms with E-state index < -0.39 is 0 Å². The molecule has 2 rings (SSSR count).